The van der Waals surface area contributed by atoms with Crippen LogP contribution in [-0.4, -0.2) is 64.0 Å². The van der Waals surface area contributed by atoms with Crippen LogP contribution in [0.4, 0.5) is 0 Å². The van der Waals surface area contributed by atoms with Gasteiger partial charge in [0, 0.05) is 49.8 Å². The Bertz CT molecular complexity index is 697. The minimum Gasteiger partial charge on any atom is -0.342 e. The number of rotatable bonds is 7. The second-order valence-electron chi connectivity index (χ2n) is 7.31. The van der Waals surface area contributed by atoms with Crippen LogP contribution in [0.25, 0.3) is 0 Å². The smallest absolute Gasteiger partial charge is 0.228 e. The monoisotopic (exact) mass is 355 g/mol. The molecule has 0 spiro atoms. The lowest BCUT2D eigenvalue weighted by Gasteiger charge is -2.32. The van der Waals surface area contributed by atoms with Gasteiger partial charge in [-0.1, -0.05) is 6.07 Å². The second-order valence-corrected chi connectivity index (χ2v) is 7.31. The summed E-state index contributed by atoms with van der Waals surface area (Å²) in [7, 11) is 4.20. The predicted octanol–water partition coefficient (Wildman–Crippen LogP) is 2.18. The first-order valence-electron chi connectivity index (χ1n) is 9.47. The molecule has 1 unspecified atom stereocenters. The van der Waals surface area contributed by atoms with Crippen molar-refractivity contribution in [2.24, 2.45) is 0 Å². The van der Waals surface area contributed by atoms with Crippen LogP contribution >= 0.6 is 0 Å². The fourth-order valence-electron chi connectivity index (χ4n) is 3.61. The van der Waals surface area contributed by atoms with Crippen LogP contribution in [0.5, 0.6) is 0 Å². The Hall–Kier alpha value is -2.21. The Labute approximate surface area is 155 Å². The van der Waals surface area contributed by atoms with Gasteiger partial charge in [-0.25, -0.2) is 4.98 Å². The van der Waals surface area contributed by atoms with Crippen LogP contribution in [-0.2, 0) is 17.8 Å². The molecule has 1 amide bonds. The molecule has 0 aliphatic carbocycles. The number of carbonyl (C=O) groups excluding carboxylic acids is 1. The molecule has 0 N–H and O–H groups in total. The molecule has 1 aliphatic heterocycles. The average molecular weight is 355 g/mol. The number of aromatic nitrogens is 3. The van der Waals surface area contributed by atoms with Gasteiger partial charge in [0.15, 0.2) is 0 Å². The first-order chi connectivity index (χ1) is 12.6. The molecule has 0 saturated carbocycles. The van der Waals surface area contributed by atoms with E-state index in [9.17, 15) is 4.79 Å². The van der Waals surface area contributed by atoms with Gasteiger partial charge in [0.25, 0.3) is 0 Å². The summed E-state index contributed by atoms with van der Waals surface area (Å²) in [5.74, 6) is 1.61. The number of nitrogens with zero attached hydrogens (tertiary/aromatic N) is 5. The number of aryl methyl sites for hydroxylation is 1. The maximum atomic E-state index is 12.7. The number of hydrogen-bond acceptors (Lipinski definition) is 4. The van der Waals surface area contributed by atoms with E-state index < -0.39 is 0 Å². The highest BCUT2D eigenvalue weighted by molar-refractivity contribution is 5.78. The first kappa shape index (κ1) is 18.6. The number of hydrogen-bond donors (Lipinski definition) is 0. The lowest BCUT2D eigenvalue weighted by atomic mass is 9.96. The zero-order valence-corrected chi connectivity index (χ0v) is 15.8. The molecule has 1 fully saturated rings. The van der Waals surface area contributed by atoms with E-state index in [1.807, 2.05) is 29.3 Å². The summed E-state index contributed by atoms with van der Waals surface area (Å²) in [6, 6.07) is 5.72. The number of amides is 1. The molecule has 140 valence electrons. The van der Waals surface area contributed by atoms with Gasteiger partial charge in [-0.05, 0) is 52.0 Å². The molecule has 1 atom stereocenters. The summed E-state index contributed by atoms with van der Waals surface area (Å²) in [5, 5.41) is 0. The summed E-state index contributed by atoms with van der Waals surface area (Å²) in [6.07, 6.45) is 9.31. The van der Waals surface area contributed by atoms with Gasteiger partial charge >= 0.3 is 0 Å². The minimum absolute atomic E-state index is 0.166. The molecule has 6 nitrogen and oxygen atoms in total. The molecule has 1 saturated heterocycles. The highest BCUT2D eigenvalue weighted by atomic mass is 16.2. The van der Waals surface area contributed by atoms with Gasteiger partial charge in [-0.15, -0.1) is 0 Å². The van der Waals surface area contributed by atoms with Gasteiger partial charge in [0.05, 0.1) is 6.42 Å². The van der Waals surface area contributed by atoms with E-state index in [1.165, 1.54) is 0 Å². The predicted molar refractivity (Wildman–Crippen MR) is 102 cm³/mol. The van der Waals surface area contributed by atoms with Crippen molar-refractivity contribution in [2.45, 2.75) is 38.1 Å². The average Bonchev–Trinajstić information content (AvgIpc) is 3.11. The van der Waals surface area contributed by atoms with Crippen molar-refractivity contribution in [1.29, 1.82) is 0 Å². The van der Waals surface area contributed by atoms with Crippen molar-refractivity contribution < 1.29 is 4.79 Å². The summed E-state index contributed by atoms with van der Waals surface area (Å²) in [5.41, 5.74) is 0.838. The quantitative estimate of drug-likeness (QED) is 0.764. The SMILES string of the molecule is CN(C)CCCn1ccnc1C1CCCN(C(=O)Cc2ccccn2)C1. The maximum absolute atomic E-state index is 12.7. The van der Waals surface area contributed by atoms with E-state index in [1.54, 1.807) is 6.20 Å². The van der Waals surface area contributed by atoms with Crippen molar-refractivity contribution in [3.8, 4) is 0 Å². The summed E-state index contributed by atoms with van der Waals surface area (Å²) < 4.78 is 2.26. The van der Waals surface area contributed by atoms with E-state index >= 15 is 0 Å². The Balaban J connectivity index is 1.60. The van der Waals surface area contributed by atoms with Gasteiger partial charge < -0.3 is 14.4 Å². The van der Waals surface area contributed by atoms with E-state index in [2.05, 4.69) is 39.7 Å². The van der Waals surface area contributed by atoms with Crippen molar-refractivity contribution in [3.05, 3.63) is 48.3 Å². The van der Waals surface area contributed by atoms with Gasteiger partial charge in [0.2, 0.25) is 5.91 Å². The standard InChI is InChI=1S/C20H29N5O/c1-23(2)11-6-13-24-14-10-22-20(24)17-7-5-12-25(16-17)19(26)15-18-8-3-4-9-21-18/h3-4,8-10,14,17H,5-7,11-13,15-16H2,1-2H3. The summed E-state index contributed by atoms with van der Waals surface area (Å²) in [4.78, 5) is 25.8. The largest absolute Gasteiger partial charge is 0.342 e. The van der Waals surface area contributed by atoms with Crippen LogP contribution in [0.15, 0.2) is 36.8 Å². The van der Waals surface area contributed by atoms with Crippen LogP contribution in [0.2, 0.25) is 0 Å². The molecule has 26 heavy (non-hydrogen) atoms. The number of carbonyl (C=O) groups is 1. The Morgan fingerprint density at radius 2 is 2.15 bits per heavy atom. The third-order valence-electron chi connectivity index (χ3n) is 4.95. The fraction of sp³-hybridized carbons (Fsp3) is 0.550. The lowest BCUT2D eigenvalue weighted by Crippen LogP contribution is -2.40. The van der Waals surface area contributed by atoms with Crippen LogP contribution in [0, 0.1) is 0 Å². The third-order valence-corrected chi connectivity index (χ3v) is 4.95. The Morgan fingerprint density at radius 1 is 1.27 bits per heavy atom. The number of imidazole rings is 1. The van der Waals surface area contributed by atoms with Gasteiger partial charge in [-0.3, -0.25) is 9.78 Å². The minimum atomic E-state index is 0.166. The first-order valence-corrected chi connectivity index (χ1v) is 9.47. The van der Waals surface area contributed by atoms with E-state index in [0.29, 0.717) is 12.3 Å². The zero-order valence-electron chi connectivity index (χ0n) is 15.8. The van der Waals surface area contributed by atoms with E-state index in [4.69, 9.17) is 0 Å². The molecule has 1 aliphatic rings. The Morgan fingerprint density at radius 3 is 2.92 bits per heavy atom. The lowest BCUT2D eigenvalue weighted by molar-refractivity contribution is -0.131. The molecule has 3 heterocycles. The van der Waals surface area contributed by atoms with E-state index in [0.717, 1.165) is 57.0 Å². The number of likely N-dealkylation sites (tertiary alicyclic amines) is 1. The maximum Gasteiger partial charge on any atom is 0.228 e. The summed E-state index contributed by atoms with van der Waals surface area (Å²) >= 11 is 0. The van der Waals surface area contributed by atoms with Crippen LogP contribution in [0.1, 0.15) is 36.7 Å². The fourth-order valence-corrected chi connectivity index (χ4v) is 3.61. The van der Waals surface area contributed by atoms with Crippen LogP contribution < -0.4 is 0 Å². The van der Waals surface area contributed by atoms with Crippen molar-refractivity contribution in [3.63, 3.8) is 0 Å². The van der Waals surface area contributed by atoms with Gasteiger partial charge in [-0.2, -0.15) is 0 Å². The van der Waals surface area contributed by atoms with Crippen molar-refractivity contribution in [2.75, 3.05) is 33.7 Å². The third kappa shape index (κ3) is 4.91. The second kappa shape index (κ2) is 8.94. The highest BCUT2D eigenvalue weighted by Crippen LogP contribution is 2.26. The molecule has 6 heteroatoms. The van der Waals surface area contributed by atoms with Crippen LogP contribution in [0.3, 0.4) is 0 Å². The molecule has 2 aromatic rings. The van der Waals surface area contributed by atoms with Crippen molar-refractivity contribution >= 4 is 5.91 Å². The molecule has 2 aromatic heterocycles. The van der Waals surface area contributed by atoms with Gasteiger partial charge in [0.1, 0.15) is 5.82 Å². The summed E-state index contributed by atoms with van der Waals surface area (Å²) in [6.45, 7) is 3.64. The molecular formula is C20H29N5O. The van der Waals surface area contributed by atoms with Crippen molar-refractivity contribution in [1.82, 2.24) is 24.3 Å². The topological polar surface area (TPSA) is 54.3 Å². The molecule has 3 rings (SSSR count). The highest BCUT2D eigenvalue weighted by Gasteiger charge is 2.27. The normalized spacial score (nSPS) is 17.7. The number of piperidine rings is 1. The number of pyridine rings is 1. The molecular weight excluding hydrogens is 326 g/mol. The molecule has 0 bridgehead atoms. The zero-order chi connectivity index (χ0) is 18.4. The van der Waals surface area contributed by atoms with E-state index in [-0.39, 0.29) is 5.91 Å². The molecule has 0 aromatic carbocycles. The Kier molecular flexibility index (Phi) is 6.39. The molecule has 0 radical (unpaired) electrons.